The number of hydrogen-bond donors (Lipinski definition) is 1. The standard InChI is InChI=1S/C23H26ClN3O4S/c1-2-11-31-19-5-3-16(4-6-19)14-26-9-7-18(8-10-26)27-15-17-12-21(24)22(32(25,29)30)13-20(17)23(27)28/h2-6,12-13,18H,1,7-11,14-15H2,(H2,25,29,30). The number of nitrogens with zero attached hydrogens (tertiary/aromatic N) is 2. The van der Waals surface area contributed by atoms with Crippen molar-refractivity contribution in [3.8, 4) is 5.75 Å². The second-order valence-corrected chi connectivity index (χ2v) is 10.1. The summed E-state index contributed by atoms with van der Waals surface area (Å²) in [6, 6.07) is 11.0. The Morgan fingerprint density at radius 1 is 1.19 bits per heavy atom. The summed E-state index contributed by atoms with van der Waals surface area (Å²) in [4.78, 5) is 17.0. The average molecular weight is 476 g/mol. The zero-order chi connectivity index (χ0) is 22.9. The van der Waals surface area contributed by atoms with Crippen molar-refractivity contribution in [2.24, 2.45) is 5.14 Å². The molecule has 0 aromatic heterocycles. The van der Waals surface area contributed by atoms with Crippen molar-refractivity contribution >= 4 is 27.5 Å². The summed E-state index contributed by atoms with van der Waals surface area (Å²) < 4.78 is 29.0. The minimum absolute atomic E-state index is 0.0524. The summed E-state index contributed by atoms with van der Waals surface area (Å²) in [5.74, 6) is 0.667. The van der Waals surface area contributed by atoms with E-state index in [1.807, 2.05) is 17.0 Å². The fourth-order valence-electron chi connectivity index (χ4n) is 4.34. The first-order valence-corrected chi connectivity index (χ1v) is 12.4. The van der Waals surface area contributed by atoms with Crippen LogP contribution in [0.4, 0.5) is 0 Å². The molecule has 0 atom stereocenters. The van der Waals surface area contributed by atoms with Crippen LogP contribution in [0.2, 0.25) is 5.02 Å². The Morgan fingerprint density at radius 3 is 2.50 bits per heavy atom. The summed E-state index contributed by atoms with van der Waals surface area (Å²) in [5.41, 5.74) is 2.33. The number of amides is 1. The fourth-order valence-corrected chi connectivity index (χ4v) is 5.46. The Bertz CT molecular complexity index is 1130. The molecule has 2 N–H and O–H groups in total. The molecule has 0 saturated carbocycles. The van der Waals surface area contributed by atoms with Crippen LogP contribution in [0.3, 0.4) is 0 Å². The van der Waals surface area contributed by atoms with E-state index in [1.165, 1.54) is 11.6 Å². The lowest BCUT2D eigenvalue weighted by Crippen LogP contribution is -2.44. The van der Waals surface area contributed by atoms with Gasteiger partial charge in [-0.3, -0.25) is 9.69 Å². The van der Waals surface area contributed by atoms with E-state index >= 15 is 0 Å². The number of carbonyl (C=O) groups is 1. The molecule has 0 aliphatic carbocycles. The number of rotatable bonds is 7. The lowest BCUT2D eigenvalue weighted by molar-refractivity contribution is 0.0590. The van der Waals surface area contributed by atoms with Crippen molar-refractivity contribution in [1.82, 2.24) is 9.80 Å². The molecular weight excluding hydrogens is 450 g/mol. The number of ether oxygens (including phenoxy) is 1. The second kappa shape index (κ2) is 9.23. The largest absolute Gasteiger partial charge is 0.490 e. The highest BCUT2D eigenvalue weighted by molar-refractivity contribution is 7.89. The molecular formula is C23H26ClN3O4S. The first-order valence-electron chi connectivity index (χ1n) is 10.5. The van der Waals surface area contributed by atoms with Gasteiger partial charge in [-0.05, 0) is 48.2 Å². The molecule has 2 heterocycles. The SMILES string of the molecule is C=CCOc1ccc(CN2CCC(N3Cc4cc(Cl)c(S(N)(=O)=O)cc4C3=O)CC2)cc1. The van der Waals surface area contributed by atoms with Crippen molar-refractivity contribution < 1.29 is 17.9 Å². The number of hydrogen-bond acceptors (Lipinski definition) is 5. The predicted molar refractivity (Wildman–Crippen MR) is 123 cm³/mol. The van der Waals surface area contributed by atoms with Gasteiger partial charge in [0.05, 0.1) is 5.02 Å². The van der Waals surface area contributed by atoms with Gasteiger partial charge in [-0.15, -0.1) is 0 Å². The van der Waals surface area contributed by atoms with E-state index < -0.39 is 10.0 Å². The van der Waals surface area contributed by atoms with Gasteiger partial charge < -0.3 is 9.64 Å². The maximum Gasteiger partial charge on any atom is 0.254 e. The molecule has 1 saturated heterocycles. The Kier molecular flexibility index (Phi) is 6.57. The predicted octanol–water partition coefficient (Wildman–Crippen LogP) is 3.17. The van der Waals surface area contributed by atoms with Crippen LogP contribution in [0.5, 0.6) is 5.75 Å². The zero-order valence-corrected chi connectivity index (χ0v) is 19.2. The van der Waals surface area contributed by atoms with Gasteiger partial charge in [0.15, 0.2) is 0 Å². The maximum absolute atomic E-state index is 13.0. The average Bonchev–Trinajstić information content (AvgIpc) is 3.08. The van der Waals surface area contributed by atoms with Gasteiger partial charge in [0.2, 0.25) is 10.0 Å². The topological polar surface area (TPSA) is 92.9 Å². The molecule has 7 nitrogen and oxygen atoms in total. The van der Waals surface area contributed by atoms with Crippen LogP contribution in [0.15, 0.2) is 53.9 Å². The molecule has 32 heavy (non-hydrogen) atoms. The Hall–Kier alpha value is -2.39. The van der Waals surface area contributed by atoms with Crippen LogP contribution in [0.25, 0.3) is 0 Å². The molecule has 9 heteroatoms. The van der Waals surface area contributed by atoms with Gasteiger partial charge in [-0.25, -0.2) is 13.6 Å². The summed E-state index contributed by atoms with van der Waals surface area (Å²) in [6.45, 7) is 7.17. The Labute approximate surface area is 193 Å². The van der Waals surface area contributed by atoms with Crippen molar-refractivity contribution in [2.75, 3.05) is 19.7 Å². The number of sulfonamides is 1. The monoisotopic (exact) mass is 475 g/mol. The first-order chi connectivity index (χ1) is 15.3. The Morgan fingerprint density at radius 2 is 1.88 bits per heavy atom. The molecule has 2 aliphatic rings. The van der Waals surface area contributed by atoms with Crippen LogP contribution < -0.4 is 9.88 Å². The van der Waals surface area contributed by atoms with E-state index in [2.05, 4.69) is 23.6 Å². The third kappa shape index (κ3) is 4.83. The van der Waals surface area contributed by atoms with Crippen LogP contribution in [-0.4, -0.2) is 49.9 Å². The van der Waals surface area contributed by atoms with E-state index in [-0.39, 0.29) is 21.9 Å². The molecule has 1 amide bonds. The molecule has 1 fully saturated rings. The highest BCUT2D eigenvalue weighted by Gasteiger charge is 2.36. The van der Waals surface area contributed by atoms with Crippen molar-refractivity contribution in [2.45, 2.75) is 36.9 Å². The van der Waals surface area contributed by atoms with E-state index in [0.29, 0.717) is 18.7 Å². The summed E-state index contributed by atoms with van der Waals surface area (Å²) in [5, 5.41) is 5.28. The van der Waals surface area contributed by atoms with Gasteiger partial charge in [0.25, 0.3) is 5.91 Å². The number of benzene rings is 2. The van der Waals surface area contributed by atoms with Crippen LogP contribution in [-0.2, 0) is 23.1 Å². The summed E-state index contributed by atoms with van der Waals surface area (Å²) >= 11 is 6.10. The number of carbonyl (C=O) groups excluding carboxylic acids is 1. The van der Waals surface area contributed by atoms with E-state index in [1.54, 1.807) is 12.1 Å². The number of halogens is 1. The fraction of sp³-hybridized carbons (Fsp3) is 0.348. The van der Waals surface area contributed by atoms with Crippen LogP contribution >= 0.6 is 11.6 Å². The molecule has 0 unspecified atom stereocenters. The molecule has 0 spiro atoms. The van der Waals surface area contributed by atoms with Crippen molar-refractivity contribution in [1.29, 1.82) is 0 Å². The number of fused-ring (bicyclic) bond motifs is 1. The minimum atomic E-state index is -3.99. The van der Waals surface area contributed by atoms with Crippen molar-refractivity contribution in [3.63, 3.8) is 0 Å². The van der Waals surface area contributed by atoms with Gasteiger partial charge in [-0.2, -0.15) is 0 Å². The van der Waals surface area contributed by atoms with Crippen LogP contribution in [0.1, 0.15) is 34.3 Å². The van der Waals surface area contributed by atoms with Crippen molar-refractivity contribution in [3.05, 3.63) is 70.8 Å². The summed E-state index contributed by atoms with van der Waals surface area (Å²) in [7, 11) is -3.99. The third-order valence-electron chi connectivity index (χ3n) is 5.99. The number of piperidine rings is 1. The molecule has 170 valence electrons. The second-order valence-electron chi connectivity index (χ2n) is 8.17. The smallest absolute Gasteiger partial charge is 0.254 e. The maximum atomic E-state index is 13.0. The zero-order valence-electron chi connectivity index (χ0n) is 17.7. The van der Waals surface area contributed by atoms with E-state index in [0.717, 1.165) is 43.8 Å². The third-order valence-corrected chi connectivity index (χ3v) is 7.37. The summed E-state index contributed by atoms with van der Waals surface area (Å²) in [6.07, 6.45) is 3.43. The molecule has 4 rings (SSSR count). The highest BCUT2D eigenvalue weighted by Crippen LogP contribution is 2.33. The molecule has 2 aliphatic heterocycles. The normalized spacial score (nSPS) is 17.4. The first kappa shape index (κ1) is 22.8. The van der Waals surface area contributed by atoms with Crippen LogP contribution in [0, 0.1) is 0 Å². The lowest BCUT2D eigenvalue weighted by atomic mass is 10.0. The van der Waals surface area contributed by atoms with Gasteiger partial charge in [0.1, 0.15) is 17.3 Å². The quantitative estimate of drug-likeness (QED) is 0.621. The molecule has 0 bridgehead atoms. The van der Waals surface area contributed by atoms with Gasteiger partial charge in [0, 0.05) is 37.8 Å². The van der Waals surface area contributed by atoms with Gasteiger partial charge >= 0.3 is 0 Å². The molecule has 2 aromatic carbocycles. The number of primary sulfonamides is 1. The number of nitrogens with two attached hydrogens (primary N) is 1. The van der Waals surface area contributed by atoms with E-state index in [9.17, 15) is 13.2 Å². The van der Waals surface area contributed by atoms with E-state index in [4.69, 9.17) is 21.5 Å². The molecule has 0 radical (unpaired) electrons. The number of likely N-dealkylation sites (tertiary alicyclic amines) is 1. The minimum Gasteiger partial charge on any atom is -0.490 e. The van der Waals surface area contributed by atoms with Gasteiger partial charge in [-0.1, -0.05) is 36.4 Å². The highest BCUT2D eigenvalue weighted by atomic mass is 35.5. The molecule has 2 aromatic rings. The Balaban J connectivity index is 1.36. The lowest BCUT2D eigenvalue weighted by Gasteiger charge is -2.36.